The third-order valence-corrected chi connectivity index (χ3v) is 7.26. The van der Waals surface area contributed by atoms with Crippen LogP contribution in [0.1, 0.15) is 63.9 Å². The van der Waals surface area contributed by atoms with E-state index < -0.39 is 18.6 Å². The van der Waals surface area contributed by atoms with Crippen molar-refractivity contribution in [3.8, 4) is 5.75 Å². The van der Waals surface area contributed by atoms with Crippen molar-refractivity contribution in [1.29, 1.82) is 0 Å². The van der Waals surface area contributed by atoms with Crippen LogP contribution in [0.4, 0.5) is 0 Å². The molecule has 1 fully saturated rings. The highest BCUT2D eigenvalue weighted by Gasteiger charge is 2.26. The Balaban J connectivity index is 1.89. The summed E-state index contributed by atoms with van der Waals surface area (Å²) >= 11 is 0. The average Bonchev–Trinajstić information content (AvgIpc) is 2.65. The monoisotopic (exact) mass is 415 g/mol. The van der Waals surface area contributed by atoms with Crippen molar-refractivity contribution in [2.75, 3.05) is 13.2 Å². The normalized spacial score (nSPS) is 17.1. The van der Waals surface area contributed by atoms with Crippen LogP contribution in [0.25, 0.3) is 0 Å². The summed E-state index contributed by atoms with van der Waals surface area (Å²) in [7, 11) is -4.50. The Hall–Kier alpha value is -0.970. The molecule has 2 rings (SSSR count). The van der Waals surface area contributed by atoms with E-state index in [2.05, 4.69) is 0 Å². The predicted molar refractivity (Wildman–Crippen MR) is 109 cm³/mol. The molecule has 152 valence electrons. The molecule has 0 aromatic heterocycles. The van der Waals surface area contributed by atoms with E-state index >= 15 is 0 Å². The Morgan fingerprint density at radius 1 is 1.22 bits per heavy atom. The molecule has 1 aliphatic carbocycles. The van der Waals surface area contributed by atoms with Crippen molar-refractivity contribution < 1.29 is 21.9 Å². The number of hydrogen-bond acceptors (Lipinski definition) is 5. The van der Waals surface area contributed by atoms with Crippen LogP contribution in [0.5, 0.6) is 5.75 Å². The maximum Gasteiger partial charge on any atom is 0.330 e. The van der Waals surface area contributed by atoms with Crippen molar-refractivity contribution in [3.63, 3.8) is 0 Å². The molecule has 0 radical (unpaired) electrons. The lowest BCUT2D eigenvalue weighted by Gasteiger charge is -2.21. The number of aryl methyl sites for hydroxylation is 1. The molecule has 0 amide bonds. The highest BCUT2D eigenvalue weighted by Crippen LogP contribution is 2.30. The zero-order valence-corrected chi connectivity index (χ0v) is 18.2. The second-order valence-electron chi connectivity index (χ2n) is 7.37. The van der Waals surface area contributed by atoms with Crippen LogP contribution in [-0.4, -0.2) is 27.3 Å². The van der Waals surface area contributed by atoms with Crippen molar-refractivity contribution in [2.24, 2.45) is 5.92 Å². The van der Waals surface area contributed by atoms with Crippen LogP contribution < -0.4 is 4.74 Å². The summed E-state index contributed by atoms with van der Waals surface area (Å²) < 4.78 is 47.4. The molecule has 27 heavy (non-hydrogen) atoms. The Bertz CT molecular complexity index is 698. The van der Waals surface area contributed by atoms with Gasteiger partial charge in [-0.05, 0) is 50.3 Å². The fourth-order valence-electron chi connectivity index (χ4n) is 3.63. The van der Waals surface area contributed by atoms with Crippen molar-refractivity contribution in [1.82, 2.24) is 0 Å². The van der Waals surface area contributed by atoms with Crippen LogP contribution >= 0.6 is 8.46 Å². The van der Waals surface area contributed by atoms with Gasteiger partial charge in [0.2, 0.25) is 0 Å². The van der Waals surface area contributed by atoms with Gasteiger partial charge in [-0.1, -0.05) is 49.2 Å². The Morgan fingerprint density at radius 2 is 1.96 bits per heavy atom. The van der Waals surface area contributed by atoms with Crippen LogP contribution in [-0.2, 0) is 18.9 Å². The lowest BCUT2D eigenvalue weighted by atomic mass is 9.85. The zero-order valence-electron chi connectivity index (χ0n) is 16.4. The van der Waals surface area contributed by atoms with Crippen molar-refractivity contribution in [2.45, 2.75) is 75.8 Å². The summed E-state index contributed by atoms with van der Waals surface area (Å²) in [6.45, 7) is 4.01. The minimum Gasteiger partial charge on any atom is -0.492 e. The lowest BCUT2D eigenvalue weighted by Crippen LogP contribution is -2.16. The molecular formula is C20H32O5PS+. The largest absolute Gasteiger partial charge is 0.492 e. The highest BCUT2D eigenvalue weighted by molar-refractivity contribution is 7.86. The van der Waals surface area contributed by atoms with Crippen LogP contribution in [0.2, 0.25) is 0 Å². The van der Waals surface area contributed by atoms with Gasteiger partial charge < -0.3 is 4.74 Å². The Kier molecular flexibility index (Phi) is 9.20. The molecule has 1 saturated carbocycles. The van der Waals surface area contributed by atoms with Gasteiger partial charge in [-0.25, -0.2) is 0 Å². The van der Waals surface area contributed by atoms with Gasteiger partial charge in [-0.2, -0.15) is 8.42 Å². The van der Waals surface area contributed by atoms with Crippen LogP contribution in [0.15, 0.2) is 23.1 Å². The SMILES string of the molecule is CCOc1cc(C)ccc1S(=O)(=O)OCC(CCCC1CCCCC1)[PH+]=O. The molecule has 0 bridgehead atoms. The van der Waals surface area contributed by atoms with Crippen LogP contribution in [0.3, 0.4) is 0 Å². The van der Waals surface area contributed by atoms with Gasteiger partial charge in [0.05, 0.1) is 6.61 Å². The number of ether oxygens (including phenoxy) is 1. The molecule has 1 aromatic rings. The second-order valence-corrected chi connectivity index (χ2v) is 10.0. The first-order chi connectivity index (χ1) is 13.0. The molecule has 2 atom stereocenters. The molecule has 0 aliphatic heterocycles. The Morgan fingerprint density at radius 3 is 2.63 bits per heavy atom. The summed E-state index contributed by atoms with van der Waals surface area (Å²) in [5.41, 5.74) is 0.670. The first-order valence-electron chi connectivity index (χ1n) is 9.96. The summed E-state index contributed by atoms with van der Waals surface area (Å²) in [4.78, 5) is 0.0325. The molecule has 0 saturated heterocycles. The molecule has 0 spiro atoms. The topological polar surface area (TPSA) is 69.7 Å². The van der Waals surface area contributed by atoms with E-state index in [0.717, 1.165) is 30.7 Å². The van der Waals surface area contributed by atoms with E-state index in [1.54, 1.807) is 19.1 Å². The molecule has 5 nitrogen and oxygen atoms in total. The van der Waals surface area contributed by atoms with Gasteiger partial charge in [0, 0.05) is 0 Å². The van der Waals surface area contributed by atoms with E-state index in [0.29, 0.717) is 12.4 Å². The molecule has 7 heteroatoms. The summed E-state index contributed by atoms with van der Waals surface area (Å²) in [5.74, 6) is 1.08. The van der Waals surface area contributed by atoms with Gasteiger partial charge in [-0.3, -0.25) is 4.18 Å². The smallest absolute Gasteiger partial charge is 0.330 e. The zero-order chi connectivity index (χ0) is 19.7. The van der Waals surface area contributed by atoms with Crippen molar-refractivity contribution >= 4 is 18.6 Å². The fraction of sp³-hybridized carbons (Fsp3) is 0.700. The Labute approximate surface area is 165 Å². The van der Waals surface area contributed by atoms with E-state index in [-0.39, 0.29) is 17.2 Å². The maximum absolute atomic E-state index is 12.6. The number of benzene rings is 1. The third-order valence-electron chi connectivity index (χ3n) is 5.15. The van der Waals surface area contributed by atoms with Gasteiger partial charge in [0.25, 0.3) is 0 Å². The van der Waals surface area contributed by atoms with E-state index in [1.807, 2.05) is 6.92 Å². The predicted octanol–water partition coefficient (Wildman–Crippen LogP) is 5.24. The fourth-order valence-corrected chi connectivity index (χ4v) is 5.29. The lowest BCUT2D eigenvalue weighted by molar-refractivity contribution is 0.292. The first-order valence-corrected chi connectivity index (χ1v) is 12.4. The van der Waals surface area contributed by atoms with Gasteiger partial charge >= 0.3 is 18.6 Å². The van der Waals surface area contributed by atoms with E-state index in [4.69, 9.17) is 8.92 Å². The van der Waals surface area contributed by atoms with Gasteiger partial charge in [0.15, 0.2) is 5.66 Å². The standard InChI is InChI=1S/C20H31O5PS/c1-3-24-19-14-16(2)12-13-20(19)27(22,23)25-15-18(26-21)11-7-10-17-8-5-4-6-9-17/h12-14,17-18H,3-11,15H2,1-2H3/p+1. The average molecular weight is 416 g/mol. The second kappa shape index (κ2) is 11.1. The number of hydrogen-bond donors (Lipinski definition) is 0. The summed E-state index contributed by atoms with van der Waals surface area (Å²) in [5, 5.41) is 0. The first kappa shape index (κ1) is 22.3. The van der Waals surface area contributed by atoms with Gasteiger partial charge in [0.1, 0.15) is 17.3 Å². The van der Waals surface area contributed by atoms with Crippen molar-refractivity contribution in [3.05, 3.63) is 23.8 Å². The number of rotatable bonds is 11. The maximum atomic E-state index is 12.6. The molecule has 0 N–H and O–H groups in total. The minimum atomic E-state index is -3.94. The highest BCUT2D eigenvalue weighted by atomic mass is 32.2. The minimum absolute atomic E-state index is 0.0325. The summed E-state index contributed by atoms with van der Waals surface area (Å²) in [6.07, 6.45) is 9.42. The molecule has 2 unspecified atom stereocenters. The van der Waals surface area contributed by atoms with Gasteiger partial charge in [-0.15, -0.1) is 0 Å². The molecule has 0 heterocycles. The quantitative estimate of drug-likeness (QED) is 0.365. The molecule has 1 aliphatic rings. The van der Waals surface area contributed by atoms with E-state index in [9.17, 15) is 13.0 Å². The summed E-state index contributed by atoms with van der Waals surface area (Å²) in [6, 6.07) is 4.92. The molecule has 1 aromatic carbocycles. The van der Waals surface area contributed by atoms with Crippen LogP contribution in [0, 0.1) is 12.8 Å². The molecular weight excluding hydrogens is 383 g/mol. The van der Waals surface area contributed by atoms with E-state index in [1.165, 1.54) is 38.2 Å². The third kappa shape index (κ3) is 7.17.